The molecule has 0 radical (unpaired) electrons. The van der Waals surface area contributed by atoms with Crippen LogP contribution in [0.4, 0.5) is 13.2 Å². The molecule has 0 amide bonds. The highest BCUT2D eigenvalue weighted by Crippen LogP contribution is 2.34. The number of likely N-dealkylation sites (tertiary alicyclic amines) is 1. The molecule has 0 aliphatic carbocycles. The number of halogens is 5. The molecule has 0 spiro atoms. The van der Waals surface area contributed by atoms with E-state index in [-0.39, 0.29) is 18.4 Å². The van der Waals surface area contributed by atoms with E-state index in [9.17, 15) is 13.2 Å². The SMILES string of the molecule is Cl.N[C@H]1CCN(Cc2ccc(Br)cc2C(F)(F)F)C1. The molecule has 1 aliphatic heterocycles. The Hall–Kier alpha value is -0.300. The summed E-state index contributed by atoms with van der Waals surface area (Å²) in [7, 11) is 0. The quantitative estimate of drug-likeness (QED) is 0.877. The molecule has 0 aromatic heterocycles. The maximum atomic E-state index is 12.9. The summed E-state index contributed by atoms with van der Waals surface area (Å²) < 4.78 is 39.2. The largest absolute Gasteiger partial charge is 0.416 e. The lowest BCUT2D eigenvalue weighted by molar-refractivity contribution is -0.138. The molecule has 1 saturated heterocycles. The first kappa shape index (κ1) is 16.8. The van der Waals surface area contributed by atoms with E-state index < -0.39 is 11.7 Å². The standard InChI is InChI=1S/C12H14BrF3N2.ClH/c13-9-2-1-8(11(5-9)12(14,15)16)6-18-4-3-10(17)7-18;/h1-2,5,10H,3-4,6-7,17H2;1H/t10-;/m0./s1. The molecule has 1 aromatic rings. The van der Waals surface area contributed by atoms with Crippen molar-refractivity contribution < 1.29 is 13.2 Å². The number of benzene rings is 1. The maximum absolute atomic E-state index is 12.9. The first-order valence-electron chi connectivity index (χ1n) is 5.70. The zero-order valence-corrected chi connectivity index (χ0v) is 12.5. The smallest absolute Gasteiger partial charge is 0.326 e. The lowest BCUT2D eigenvalue weighted by Gasteiger charge is -2.19. The van der Waals surface area contributed by atoms with Crippen LogP contribution in [0.15, 0.2) is 22.7 Å². The second-order valence-electron chi connectivity index (χ2n) is 4.58. The van der Waals surface area contributed by atoms with Crippen LogP contribution in [-0.4, -0.2) is 24.0 Å². The molecule has 19 heavy (non-hydrogen) atoms. The summed E-state index contributed by atoms with van der Waals surface area (Å²) in [6.07, 6.45) is -3.47. The van der Waals surface area contributed by atoms with Gasteiger partial charge in [0.15, 0.2) is 0 Å². The van der Waals surface area contributed by atoms with Crippen LogP contribution in [0.2, 0.25) is 0 Å². The molecule has 2 rings (SSSR count). The van der Waals surface area contributed by atoms with Gasteiger partial charge in [-0.2, -0.15) is 13.2 Å². The fourth-order valence-electron chi connectivity index (χ4n) is 2.20. The molecular weight excluding hydrogens is 344 g/mol. The van der Waals surface area contributed by atoms with E-state index in [2.05, 4.69) is 15.9 Å². The number of nitrogens with zero attached hydrogens (tertiary/aromatic N) is 1. The summed E-state index contributed by atoms with van der Waals surface area (Å²) in [6.45, 7) is 1.72. The maximum Gasteiger partial charge on any atom is 0.416 e. The third-order valence-electron chi connectivity index (χ3n) is 3.08. The molecule has 1 aliphatic rings. The van der Waals surface area contributed by atoms with E-state index in [1.54, 1.807) is 6.07 Å². The summed E-state index contributed by atoms with van der Waals surface area (Å²) in [6, 6.07) is 4.37. The van der Waals surface area contributed by atoms with Crippen molar-refractivity contribution in [3.05, 3.63) is 33.8 Å². The van der Waals surface area contributed by atoms with Gasteiger partial charge in [-0.1, -0.05) is 22.0 Å². The monoisotopic (exact) mass is 358 g/mol. The van der Waals surface area contributed by atoms with Crippen molar-refractivity contribution >= 4 is 28.3 Å². The lowest BCUT2D eigenvalue weighted by Crippen LogP contribution is -2.27. The molecule has 1 fully saturated rings. The van der Waals surface area contributed by atoms with Crippen LogP contribution < -0.4 is 5.73 Å². The highest BCUT2D eigenvalue weighted by atomic mass is 79.9. The summed E-state index contributed by atoms with van der Waals surface area (Å²) >= 11 is 3.08. The Morgan fingerprint density at radius 2 is 2.05 bits per heavy atom. The van der Waals surface area contributed by atoms with Gasteiger partial charge in [-0.3, -0.25) is 4.90 Å². The minimum atomic E-state index is -4.32. The van der Waals surface area contributed by atoms with Crippen molar-refractivity contribution in [3.8, 4) is 0 Å². The van der Waals surface area contributed by atoms with Crippen LogP contribution in [0.25, 0.3) is 0 Å². The predicted molar refractivity (Wildman–Crippen MR) is 74.3 cm³/mol. The molecule has 2 N–H and O–H groups in total. The molecular formula is C12H15BrClF3N2. The molecule has 1 aromatic carbocycles. The van der Waals surface area contributed by atoms with Crippen molar-refractivity contribution in [2.75, 3.05) is 13.1 Å². The summed E-state index contributed by atoms with van der Waals surface area (Å²) in [4.78, 5) is 1.96. The second kappa shape index (κ2) is 6.43. The summed E-state index contributed by atoms with van der Waals surface area (Å²) in [5.74, 6) is 0. The molecule has 1 atom stereocenters. The number of rotatable bonds is 2. The minimum Gasteiger partial charge on any atom is -0.326 e. The minimum absolute atomic E-state index is 0. The Morgan fingerprint density at radius 1 is 1.37 bits per heavy atom. The van der Waals surface area contributed by atoms with E-state index in [4.69, 9.17) is 5.73 Å². The van der Waals surface area contributed by atoms with Gasteiger partial charge in [0, 0.05) is 30.1 Å². The van der Waals surface area contributed by atoms with Crippen LogP contribution in [0.5, 0.6) is 0 Å². The van der Waals surface area contributed by atoms with Crippen molar-refractivity contribution in [2.45, 2.75) is 25.2 Å². The highest BCUT2D eigenvalue weighted by molar-refractivity contribution is 9.10. The van der Waals surface area contributed by atoms with Crippen LogP contribution in [0.1, 0.15) is 17.5 Å². The van der Waals surface area contributed by atoms with Crippen molar-refractivity contribution in [1.29, 1.82) is 0 Å². The Morgan fingerprint density at radius 3 is 2.58 bits per heavy atom. The van der Waals surface area contributed by atoms with E-state index in [0.29, 0.717) is 23.1 Å². The summed E-state index contributed by atoms with van der Waals surface area (Å²) in [5.41, 5.74) is 5.49. The Labute approximate surface area is 124 Å². The third kappa shape index (κ3) is 4.34. The molecule has 0 unspecified atom stereocenters. The van der Waals surface area contributed by atoms with Gasteiger partial charge in [0.25, 0.3) is 0 Å². The van der Waals surface area contributed by atoms with Crippen LogP contribution in [-0.2, 0) is 12.7 Å². The number of nitrogens with two attached hydrogens (primary N) is 1. The van der Waals surface area contributed by atoms with E-state index >= 15 is 0 Å². The van der Waals surface area contributed by atoms with Crippen LogP contribution in [0.3, 0.4) is 0 Å². The van der Waals surface area contributed by atoms with Gasteiger partial charge in [-0.25, -0.2) is 0 Å². The fraction of sp³-hybridized carbons (Fsp3) is 0.500. The van der Waals surface area contributed by atoms with Crippen molar-refractivity contribution in [2.24, 2.45) is 5.73 Å². The van der Waals surface area contributed by atoms with E-state index in [1.165, 1.54) is 6.07 Å². The van der Waals surface area contributed by atoms with E-state index in [0.717, 1.165) is 19.0 Å². The average molecular weight is 360 g/mol. The predicted octanol–water partition coefficient (Wildman–Crippen LogP) is 3.42. The lowest BCUT2D eigenvalue weighted by atomic mass is 10.1. The Balaban J connectivity index is 0.00000180. The number of hydrogen-bond donors (Lipinski definition) is 1. The summed E-state index contributed by atoms with van der Waals surface area (Å²) in [5, 5.41) is 0. The van der Waals surface area contributed by atoms with Gasteiger partial charge in [-0.15, -0.1) is 12.4 Å². The topological polar surface area (TPSA) is 29.3 Å². The number of alkyl halides is 3. The van der Waals surface area contributed by atoms with Crippen LogP contribution in [0, 0.1) is 0 Å². The van der Waals surface area contributed by atoms with Crippen LogP contribution >= 0.6 is 28.3 Å². The highest BCUT2D eigenvalue weighted by Gasteiger charge is 2.34. The first-order valence-corrected chi connectivity index (χ1v) is 6.49. The Bertz CT molecular complexity index is 439. The normalized spacial score (nSPS) is 20.4. The molecule has 7 heteroatoms. The molecule has 2 nitrogen and oxygen atoms in total. The zero-order valence-electron chi connectivity index (χ0n) is 10.1. The van der Waals surface area contributed by atoms with Gasteiger partial charge in [0.1, 0.15) is 0 Å². The van der Waals surface area contributed by atoms with Gasteiger partial charge >= 0.3 is 6.18 Å². The zero-order chi connectivity index (χ0) is 13.3. The fourth-order valence-corrected chi connectivity index (χ4v) is 2.56. The van der Waals surface area contributed by atoms with Crippen molar-refractivity contribution in [1.82, 2.24) is 4.90 Å². The first-order chi connectivity index (χ1) is 8.36. The average Bonchev–Trinajstić information content (AvgIpc) is 2.65. The molecule has 1 heterocycles. The molecule has 108 valence electrons. The van der Waals surface area contributed by atoms with Gasteiger partial charge < -0.3 is 5.73 Å². The Kier molecular flexibility index (Phi) is 5.67. The van der Waals surface area contributed by atoms with Gasteiger partial charge in [-0.05, 0) is 24.1 Å². The third-order valence-corrected chi connectivity index (χ3v) is 3.57. The van der Waals surface area contributed by atoms with Gasteiger partial charge in [0.2, 0.25) is 0 Å². The molecule has 0 bridgehead atoms. The van der Waals surface area contributed by atoms with Crippen molar-refractivity contribution in [3.63, 3.8) is 0 Å². The molecule has 0 saturated carbocycles. The number of hydrogen-bond acceptors (Lipinski definition) is 2. The van der Waals surface area contributed by atoms with Gasteiger partial charge in [0.05, 0.1) is 5.56 Å². The van der Waals surface area contributed by atoms with E-state index in [1.807, 2.05) is 4.90 Å². The second-order valence-corrected chi connectivity index (χ2v) is 5.50.